The zero-order chi connectivity index (χ0) is 20.9. The van der Waals surface area contributed by atoms with E-state index in [0.29, 0.717) is 49.9 Å². The lowest BCUT2D eigenvalue weighted by Crippen LogP contribution is -2.41. The molecule has 3 N–H and O–H groups in total. The van der Waals surface area contributed by atoms with Gasteiger partial charge in [0.25, 0.3) is 5.91 Å². The van der Waals surface area contributed by atoms with Crippen LogP contribution in [0.5, 0.6) is 0 Å². The molecule has 1 amide bonds. The van der Waals surface area contributed by atoms with Crippen LogP contribution in [0, 0.1) is 12.7 Å². The van der Waals surface area contributed by atoms with Crippen LogP contribution in [0.2, 0.25) is 0 Å². The maximum atomic E-state index is 13.6. The number of guanidine groups is 1. The van der Waals surface area contributed by atoms with E-state index in [2.05, 4.69) is 20.9 Å². The molecule has 0 fully saturated rings. The molecule has 9 heteroatoms. The molecule has 2 aromatic rings. The smallest absolute Gasteiger partial charge is 0.251 e. The van der Waals surface area contributed by atoms with Gasteiger partial charge in [-0.15, -0.1) is 24.0 Å². The minimum atomic E-state index is -0.384. The number of rotatable bonds is 11. The van der Waals surface area contributed by atoms with Crippen molar-refractivity contribution in [3.8, 4) is 0 Å². The highest BCUT2D eigenvalue weighted by molar-refractivity contribution is 14.0. The second-order valence-electron chi connectivity index (χ2n) is 6.39. The summed E-state index contributed by atoms with van der Waals surface area (Å²) in [6.45, 7) is 6.93. The normalized spacial score (nSPS) is 11.0. The number of benzene rings is 1. The van der Waals surface area contributed by atoms with Gasteiger partial charge in [0, 0.05) is 38.3 Å². The molecule has 166 valence electrons. The van der Waals surface area contributed by atoms with E-state index < -0.39 is 0 Å². The number of aliphatic imine (C=N–C) groups is 1. The molecule has 0 atom stereocenters. The first-order valence-electron chi connectivity index (χ1n) is 9.76. The zero-order valence-electron chi connectivity index (χ0n) is 17.4. The number of carbonyl (C=O) groups excluding carboxylic acids is 1. The lowest BCUT2D eigenvalue weighted by molar-refractivity contribution is 0.0954. The Morgan fingerprint density at radius 2 is 2.00 bits per heavy atom. The van der Waals surface area contributed by atoms with Gasteiger partial charge in [0.05, 0.1) is 6.26 Å². The van der Waals surface area contributed by atoms with Crippen LogP contribution in [-0.2, 0) is 11.3 Å². The average molecular weight is 532 g/mol. The lowest BCUT2D eigenvalue weighted by Gasteiger charge is -2.12. The van der Waals surface area contributed by atoms with Crippen molar-refractivity contribution in [2.45, 2.75) is 26.9 Å². The van der Waals surface area contributed by atoms with Gasteiger partial charge in [0.15, 0.2) is 5.96 Å². The molecule has 0 saturated heterocycles. The molecule has 0 unspecified atom stereocenters. The Hall–Kier alpha value is -2.14. The van der Waals surface area contributed by atoms with Gasteiger partial charge < -0.3 is 25.1 Å². The maximum absolute atomic E-state index is 13.6. The molecule has 30 heavy (non-hydrogen) atoms. The molecule has 7 nitrogen and oxygen atoms in total. The number of halogens is 2. The van der Waals surface area contributed by atoms with Crippen molar-refractivity contribution in [3.63, 3.8) is 0 Å². The molecule has 0 bridgehead atoms. The van der Waals surface area contributed by atoms with Crippen molar-refractivity contribution in [2.24, 2.45) is 4.99 Å². The molecule has 2 rings (SSSR count). The minimum Gasteiger partial charge on any atom is -0.467 e. The number of nitrogens with one attached hydrogen (secondary N) is 3. The Kier molecular flexibility index (Phi) is 12.8. The molecular weight excluding hydrogens is 502 g/mol. The predicted octanol–water partition coefficient (Wildman–Crippen LogP) is 3.24. The summed E-state index contributed by atoms with van der Waals surface area (Å²) in [4.78, 5) is 16.5. The number of nitrogens with zero attached hydrogens (tertiary/aromatic N) is 1. The molecule has 1 aromatic heterocycles. The van der Waals surface area contributed by atoms with Crippen LogP contribution in [0.25, 0.3) is 0 Å². The summed E-state index contributed by atoms with van der Waals surface area (Å²) in [6.07, 6.45) is 2.41. The van der Waals surface area contributed by atoms with Gasteiger partial charge in [-0.1, -0.05) is 6.07 Å². The second kappa shape index (κ2) is 14.8. The highest BCUT2D eigenvalue weighted by Crippen LogP contribution is 2.08. The van der Waals surface area contributed by atoms with E-state index in [9.17, 15) is 9.18 Å². The number of ether oxygens (including phenoxy) is 1. The van der Waals surface area contributed by atoms with Crippen LogP contribution in [0.3, 0.4) is 0 Å². The summed E-state index contributed by atoms with van der Waals surface area (Å²) in [5, 5.41) is 9.07. The fraction of sp³-hybridized carbons (Fsp3) is 0.429. The van der Waals surface area contributed by atoms with Crippen LogP contribution in [0.1, 0.15) is 35.0 Å². The molecule has 0 aliphatic carbocycles. The van der Waals surface area contributed by atoms with Crippen molar-refractivity contribution >= 4 is 35.8 Å². The van der Waals surface area contributed by atoms with Crippen LogP contribution >= 0.6 is 24.0 Å². The zero-order valence-corrected chi connectivity index (χ0v) is 19.7. The van der Waals surface area contributed by atoms with Gasteiger partial charge in [-0.2, -0.15) is 0 Å². The summed E-state index contributed by atoms with van der Waals surface area (Å²) < 4.78 is 24.3. The third-order valence-corrected chi connectivity index (χ3v) is 4.02. The fourth-order valence-corrected chi connectivity index (χ4v) is 2.46. The maximum Gasteiger partial charge on any atom is 0.251 e. The topological polar surface area (TPSA) is 87.9 Å². The number of amides is 1. The first kappa shape index (κ1) is 25.9. The van der Waals surface area contributed by atoms with Crippen LogP contribution in [0.4, 0.5) is 4.39 Å². The Morgan fingerprint density at radius 1 is 1.20 bits per heavy atom. The molecule has 1 aromatic carbocycles. The predicted molar refractivity (Wildman–Crippen MR) is 126 cm³/mol. The van der Waals surface area contributed by atoms with E-state index in [1.54, 1.807) is 25.3 Å². The van der Waals surface area contributed by atoms with Gasteiger partial charge in [-0.25, -0.2) is 4.39 Å². The van der Waals surface area contributed by atoms with Gasteiger partial charge in [0.2, 0.25) is 0 Å². The third-order valence-electron chi connectivity index (χ3n) is 4.02. The number of furan rings is 1. The average Bonchev–Trinajstić information content (AvgIpc) is 3.23. The summed E-state index contributed by atoms with van der Waals surface area (Å²) in [6, 6.07) is 8.16. The van der Waals surface area contributed by atoms with Gasteiger partial charge in [0.1, 0.15) is 18.2 Å². The molecule has 0 aliphatic heterocycles. The van der Waals surface area contributed by atoms with Crippen molar-refractivity contribution in [1.29, 1.82) is 0 Å². The highest BCUT2D eigenvalue weighted by Gasteiger charge is 2.07. The summed E-state index contributed by atoms with van der Waals surface area (Å²) in [7, 11) is 0. The standard InChI is InChI=1S/C21H29FN4O3.HI/c1-3-23-21(25-9-5-12-28-15-18-6-4-13-29-18)26-11-10-24-20(27)17-8-7-16(2)19(22)14-17;/h4,6-8,13-14H,3,5,9-12,15H2,1-2H3,(H,24,27)(H2,23,25,26);1H. The van der Waals surface area contributed by atoms with Gasteiger partial charge in [-0.05, 0) is 50.1 Å². The van der Waals surface area contributed by atoms with Crippen molar-refractivity contribution in [3.05, 3.63) is 59.3 Å². The highest BCUT2D eigenvalue weighted by atomic mass is 127. The summed E-state index contributed by atoms with van der Waals surface area (Å²) in [5.41, 5.74) is 0.823. The molecule has 1 heterocycles. The molecular formula is C21H30FIN4O3. The van der Waals surface area contributed by atoms with Crippen molar-refractivity contribution in [1.82, 2.24) is 16.0 Å². The summed E-state index contributed by atoms with van der Waals surface area (Å²) >= 11 is 0. The van der Waals surface area contributed by atoms with Crippen LogP contribution < -0.4 is 16.0 Å². The SMILES string of the molecule is CCNC(=NCCCOCc1ccco1)NCCNC(=O)c1ccc(C)c(F)c1.I. The van der Waals surface area contributed by atoms with E-state index in [1.165, 1.54) is 6.07 Å². The number of hydrogen-bond acceptors (Lipinski definition) is 4. The largest absolute Gasteiger partial charge is 0.467 e. The van der Waals surface area contributed by atoms with E-state index >= 15 is 0 Å². The molecule has 0 saturated carbocycles. The van der Waals surface area contributed by atoms with E-state index in [-0.39, 0.29) is 35.7 Å². The Labute approximate surface area is 193 Å². The van der Waals surface area contributed by atoms with E-state index in [4.69, 9.17) is 9.15 Å². The van der Waals surface area contributed by atoms with E-state index in [1.807, 2.05) is 19.1 Å². The first-order chi connectivity index (χ1) is 14.1. The Morgan fingerprint density at radius 3 is 2.70 bits per heavy atom. The van der Waals surface area contributed by atoms with Crippen LogP contribution in [-0.4, -0.2) is 44.7 Å². The Bertz CT molecular complexity index is 785. The fourth-order valence-electron chi connectivity index (χ4n) is 2.46. The van der Waals surface area contributed by atoms with Crippen LogP contribution in [0.15, 0.2) is 46.0 Å². The first-order valence-corrected chi connectivity index (χ1v) is 9.76. The molecule has 0 aliphatic rings. The second-order valence-corrected chi connectivity index (χ2v) is 6.39. The lowest BCUT2D eigenvalue weighted by atomic mass is 10.1. The number of hydrogen-bond donors (Lipinski definition) is 3. The van der Waals surface area contributed by atoms with Crippen molar-refractivity contribution < 1.29 is 18.3 Å². The number of carbonyl (C=O) groups is 1. The Balaban J connectivity index is 0.00000450. The monoisotopic (exact) mass is 532 g/mol. The quantitative estimate of drug-likeness (QED) is 0.179. The minimum absolute atomic E-state index is 0. The number of aryl methyl sites for hydroxylation is 1. The molecule has 0 spiro atoms. The van der Waals surface area contributed by atoms with Crippen molar-refractivity contribution in [2.75, 3.05) is 32.8 Å². The third kappa shape index (κ3) is 9.57. The van der Waals surface area contributed by atoms with Gasteiger partial charge in [-0.3, -0.25) is 9.79 Å². The summed E-state index contributed by atoms with van der Waals surface area (Å²) in [5.74, 6) is 0.792. The van der Waals surface area contributed by atoms with Gasteiger partial charge >= 0.3 is 0 Å². The molecule has 0 radical (unpaired) electrons. The van der Waals surface area contributed by atoms with E-state index in [0.717, 1.165) is 18.7 Å².